The highest BCUT2D eigenvalue weighted by molar-refractivity contribution is 9.10. The van der Waals surface area contributed by atoms with Crippen LogP contribution in [0.25, 0.3) is 0 Å². The van der Waals surface area contributed by atoms with Gasteiger partial charge in [0.05, 0.1) is 23.1 Å². The quantitative estimate of drug-likeness (QED) is 0.851. The van der Waals surface area contributed by atoms with Gasteiger partial charge in [0.2, 0.25) is 0 Å². The zero-order chi connectivity index (χ0) is 14.0. The van der Waals surface area contributed by atoms with E-state index in [1.807, 2.05) is 6.92 Å². The highest BCUT2D eigenvalue weighted by Gasteiger charge is 2.14. The monoisotopic (exact) mass is 326 g/mol. The first-order chi connectivity index (χ1) is 9.01. The predicted octanol–water partition coefficient (Wildman–Crippen LogP) is 2.64. The number of carbonyl (C=O) groups is 1. The number of amides is 1. The Morgan fingerprint density at radius 3 is 2.95 bits per heavy atom. The summed E-state index contributed by atoms with van der Waals surface area (Å²) < 4.78 is 15.2. The SMILES string of the molecule is CCn1cc(NC(=O)c2cc(N)c(F)cc2Br)cn1. The molecule has 0 saturated carbocycles. The van der Waals surface area contributed by atoms with E-state index in [1.165, 1.54) is 12.1 Å². The van der Waals surface area contributed by atoms with E-state index in [4.69, 9.17) is 5.73 Å². The molecule has 0 aliphatic heterocycles. The molecule has 1 aromatic carbocycles. The molecule has 0 saturated heterocycles. The van der Waals surface area contributed by atoms with Crippen LogP contribution in [0.3, 0.4) is 0 Å². The van der Waals surface area contributed by atoms with Crippen LogP contribution in [0.2, 0.25) is 0 Å². The summed E-state index contributed by atoms with van der Waals surface area (Å²) in [5.41, 5.74) is 6.22. The largest absolute Gasteiger partial charge is 0.396 e. The van der Waals surface area contributed by atoms with Crippen LogP contribution >= 0.6 is 15.9 Å². The van der Waals surface area contributed by atoms with E-state index in [9.17, 15) is 9.18 Å². The van der Waals surface area contributed by atoms with Gasteiger partial charge in [-0.1, -0.05) is 0 Å². The molecule has 5 nitrogen and oxygen atoms in total. The summed E-state index contributed by atoms with van der Waals surface area (Å²) in [6.07, 6.45) is 3.25. The lowest BCUT2D eigenvalue weighted by Crippen LogP contribution is -2.13. The average Bonchev–Trinajstić information content (AvgIpc) is 2.81. The standard InChI is InChI=1S/C12H12BrFN4O/c1-2-18-6-7(5-16-18)17-12(19)8-3-11(15)10(14)4-9(8)13/h3-6H,2,15H2,1H3,(H,17,19). The van der Waals surface area contributed by atoms with Crippen molar-refractivity contribution in [1.29, 1.82) is 0 Å². The van der Waals surface area contributed by atoms with Crippen molar-refractivity contribution >= 4 is 33.2 Å². The fourth-order valence-electron chi connectivity index (χ4n) is 1.54. The number of nitrogens with zero attached hydrogens (tertiary/aromatic N) is 2. The number of rotatable bonds is 3. The van der Waals surface area contributed by atoms with Gasteiger partial charge in [0, 0.05) is 17.2 Å². The average molecular weight is 327 g/mol. The van der Waals surface area contributed by atoms with Crippen LogP contribution in [0, 0.1) is 5.82 Å². The summed E-state index contributed by atoms with van der Waals surface area (Å²) in [5.74, 6) is -0.948. The molecule has 0 radical (unpaired) electrons. The van der Waals surface area contributed by atoms with Crippen molar-refractivity contribution in [3.8, 4) is 0 Å². The normalized spacial score (nSPS) is 10.5. The number of aromatic nitrogens is 2. The van der Waals surface area contributed by atoms with Crippen molar-refractivity contribution < 1.29 is 9.18 Å². The molecular weight excluding hydrogens is 315 g/mol. The van der Waals surface area contributed by atoms with Crippen LogP contribution in [0.5, 0.6) is 0 Å². The van der Waals surface area contributed by atoms with E-state index in [-0.39, 0.29) is 17.2 Å². The van der Waals surface area contributed by atoms with E-state index >= 15 is 0 Å². The molecule has 0 fully saturated rings. The minimum atomic E-state index is -0.567. The first kappa shape index (κ1) is 13.5. The summed E-state index contributed by atoms with van der Waals surface area (Å²) in [7, 11) is 0. The Bertz CT molecular complexity index is 626. The van der Waals surface area contributed by atoms with E-state index < -0.39 is 5.82 Å². The Balaban J connectivity index is 2.22. The van der Waals surface area contributed by atoms with Crippen molar-refractivity contribution in [3.63, 3.8) is 0 Å². The third-order valence-electron chi connectivity index (χ3n) is 2.55. The lowest BCUT2D eigenvalue weighted by atomic mass is 10.2. The molecule has 1 aromatic heterocycles. The Hall–Kier alpha value is -1.89. The van der Waals surface area contributed by atoms with Crippen molar-refractivity contribution in [2.75, 3.05) is 11.1 Å². The molecule has 0 atom stereocenters. The number of hydrogen-bond donors (Lipinski definition) is 2. The lowest BCUT2D eigenvalue weighted by Gasteiger charge is -2.06. The number of carbonyl (C=O) groups excluding carboxylic acids is 1. The van der Waals surface area contributed by atoms with Crippen LogP contribution in [-0.2, 0) is 6.54 Å². The van der Waals surface area contributed by atoms with Gasteiger partial charge in [-0.3, -0.25) is 9.48 Å². The maximum atomic E-state index is 13.2. The minimum absolute atomic E-state index is 0.0717. The summed E-state index contributed by atoms with van der Waals surface area (Å²) in [6, 6.07) is 2.46. The zero-order valence-electron chi connectivity index (χ0n) is 10.2. The number of anilines is 2. The zero-order valence-corrected chi connectivity index (χ0v) is 11.7. The van der Waals surface area contributed by atoms with Crippen LogP contribution in [0.4, 0.5) is 15.8 Å². The van der Waals surface area contributed by atoms with Crippen LogP contribution < -0.4 is 11.1 Å². The number of halogens is 2. The molecule has 2 rings (SSSR count). The fraction of sp³-hybridized carbons (Fsp3) is 0.167. The van der Waals surface area contributed by atoms with Gasteiger partial charge in [-0.15, -0.1) is 0 Å². The van der Waals surface area contributed by atoms with Gasteiger partial charge in [0.1, 0.15) is 5.82 Å². The molecule has 0 bridgehead atoms. The van der Waals surface area contributed by atoms with Crippen molar-refractivity contribution in [2.45, 2.75) is 13.5 Å². The third kappa shape index (κ3) is 2.93. The van der Waals surface area contributed by atoms with E-state index in [2.05, 4.69) is 26.3 Å². The van der Waals surface area contributed by atoms with Crippen LogP contribution in [0.1, 0.15) is 17.3 Å². The summed E-state index contributed by atoms with van der Waals surface area (Å²) in [6.45, 7) is 2.65. The Morgan fingerprint density at radius 2 is 2.32 bits per heavy atom. The maximum absolute atomic E-state index is 13.2. The molecule has 0 spiro atoms. The fourth-order valence-corrected chi connectivity index (χ4v) is 2.03. The number of hydrogen-bond acceptors (Lipinski definition) is 3. The second kappa shape index (κ2) is 5.40. The molecule has 1 amide bonds. The molecule has 0 aliphatic rings. The van der Waals surface area contributed by atoms with Gasteiger partial charge in [-0.2, -0.15) is 5.10 Å². The van der Waals surface area contributed by atoms with Crippen molar-refractivity contribution in [2.24, 2.45) is 0 Å². The van der Waals surface area contributed by atoms with Gasteiger partial charge in [0.15, 0.2) is 0 Å². The number of aryl methyl sites for hydroxylation is 1. The highest BCUT2D eigenvalue weighted by Crippen LogP contribution is 2.23. The minimum Gasteiger partial charge on any atom is -0.396 e. The highest BCUT2D eigenvalue weighted by atomic mass is 79.9. The molecule has 0 aliphatic carbocycles. The second-order valence-corrected chi connectivity index (χ2v) is 4.75. The van der Waals surface area contributed by atoms with Crippen molar-refractivity contribution in [1.82, 2.24) is 9.78 Å². The molecule has 2 aromatic rings. The van der Waals surface area contributed by atoms with Gasteiger partial charge in [-0.25, -0.2) is 4.39 Å². The number of nitrogen functional groups attached to an aromatic ring is 1. The topological polar surface area (TPSA) is 72.9 Å². The maximum Gasteiger partial charge on any atom is 0.256 e. The molecule has 100 valence electrons. The van der Waals surface area contributed by atoms with Crippen molar-refractivity contribution in [3.05, 3.63) is 40.4 Å². The Kier molecular flexibility index (Phi) is 3.84. The van der Waals surface area contributed by atoms with E-state index in [0.717, 1.165) is 0 Å². The van der Waals surface area contributed by atoms with Gasteiger partial charge >= 0.3 is 0 Å². The third-order valence-corrected chi connectivity index (χ3v) is 3.20. The van der Waals surface area contributed by atoms with Gasteiger partial charge in [0.25, 0.3) is 5.91 Å². The first-order valence-electron chi connectivity index (χ1n) is 5.59. The summed E-state index contributed by atoms with van der Waals surface area (Å²) in [5, 5.41) is 6.71. The molecule has 0 unspecified atom stereocenters. The summed E-state index contributed by atoms with van der Waals surface area (Å²) in [4.78, 5) is 12.0. The predicted molar refractivity (Wildman–Crippen MR) is 74.4 cm³/mol. The summed E-state index contributed by atoms with van der Waals surface area (Å²) >= 11 is 3.14. The van der Waals surface area contributed by atoms with Crippen LogP contribution in [0.15, 0.2) is 29.0 Å². The van der Waals surface area contributed by atoms with Gasteiger partial charge in [-0.05, 0) is 35.0 Å². The molecule has 19 heavy (non-hydrogen) atoms. The lowest BCUT2D eigenvalue weighted by molar-refractivity contribution is 0.102. The van der Waals surface area contributed by atoms with Crippen LogP contribution in [-0.4, -0.2) is 15.7 Å². The molecule has 1 heterocycles. The first-order valence-corrected chi connectivity index (χ1v) is 6.39. The molecular formula is C12H12BrFN4O. The Labute approximate surface area is 117 Å². The Morgan fingerprint density at radius 1 is 1.58 bits per heavy atom. The number of benzene rings is 1. The molecule has 3 N–H and O–H groups in total. The number of nitrogens with one attached hydrogen (secondary N) is 1. The van der Waals surface area contributed by atoms with E-state index in [1.54, 1.807) is 17.1 Å². The second-order valence-electron chi connectivity index (χ2n) is 3.89. The smallest absolute Gasteiger partial charge is 0.256 e. The van der Waals surface area contributed by atoms with E-state index in [0.29, 0.717) is 16.7 Å². The van der Waals surface area contributed by atoms with Gasteiger partial charge < -0.3 is 11.1 Å². The molecule has 7 heteroatoms. The number of nitrogens with two attached hydrogens (primary N) is 1.